The van der Waals surface area contributed by atoms with E-state index in [0.29, 0.717) is 13.2 Å². The van der Waals surface area contributed by atoms with Crippen molar-refractivity contribution < 1.29 is 14.3 Å². The standard InChI is InChI=1S/C20H23NO3/c1-3-16-4-6-17(7-5-16)8-13-20(22)21-14-15-24-19-11-9-18(23-2)10-12-19/h4-13H,3,14-15H2,1-2H3,(H,21,22)/b13-8+. The Hall–Kier alpha value is -2.75. The van der Waals surface area contributed by atoms with Crippen molar-refractivity contribution in [3.8, 4) is 11.5 Å². The molecule has 0 unspecified atom stereocenters. The Balaban J connectivity index is 1.69. The van der Waals surface area contributed by atoms with Crippen LogP contribution in [0.4, 0.5) is 0 Å². The van der Waals surface area contributed by atoms with E-state index in [1.165, 1.54) is 11.6 Å². The van der Waals surface area contributed by atoms with Crippen LogP contribution in [-0.2, 0) is 11.2 Å². The molecule has 0 spiro atoms. The molecule has 0 radical (unpaired) electrons. The lowest BCUT2D eigenvalue weighted by Gasteiger charge is -2.07. The predicted octanol–water partition coefficient (Wildman–Crippen LogP) is 3.47. The van der Waals surface area contributed by atoms with Gasteiger partial charge in [0.2, 0.25) is 5.91 Å². The molecule has 2 aromatic rings. The number of benzene rings is 2. The molecule has 24 heavy (non-hydrogen) atoms. The molecule has 1 amide bonds. The number of nitrogens with one attached hydrogen (secondary N) is 1. The average molecular weight is 325 g/mol. The maximum atomic E-state index is 11.8. The summed E-state index contributed by atoms with van der Waals surface area (Å²) in [7, 11) is 1.62. The molecular formula is C20H23NO3. The molecule has 2 aromatic carbocycles. The maximum absolute atomic E-state index is 11.8. The number of hydrogen-bond acceptors (Lipinski definition) is 3. The van der Waals surface area contributed by atoms with Crippen molar-refractivity contribution in [2.24, 2.45) is 0 Å². The van der Waals surface area contributed by atoms with Crippen LogP contribution in [-0.4, -0.2) is 26.2 Å². The van der Waals surface area contributed by atoms with Crippen LogP contribution in [0.1, 0.15) is 18.1 Å². The summed E-state index contributed by atoms with van der Waals surface area (Å²) in [6, 6.07) is 15.5. The number of amides is 1. The van der Waals surface area contributed by atoms with E-state index in [1.807, 2.05) is 36.4 Å². The lowest BCUT2D eigenvalue weighted by molar-refractivity contribution is -0.116. The first-order valence-corrected chi connectivity index (χ1v) is 8.03. The zero-order valence-corrected chi connectivity index (χ0v) is 14.1. The second-order valence-corrected chi connectivity index (χ2v) is 5.24. The minimum Gasteiger partial charge on any atom is -0.497 e. The van der Waals surface area contributed by atoms with E-state index in [9.17, 15) is 4.79 Å². The van der Waals surface area contributed by atoms with Crippen LogP contribution in [0.5, 0.6) is 11.5 Å². The van der Waals surface area contributed by atoms with Gasteiger partial charge < -0.3 is 14.8 Å². The molecule has 0 heterocycles. The van der Waals surface area contributed by atoms with E-state index in [0.717, 1.165) is 23.5 Å². The van der Waals surface area contributed by atoms with Crippen molar-refractivity contribution in [3.63, 3.8) is 0 Å². The molecule has 1 N–H and O–H groups in total. The van der Waals surface area contributed by atoms with Crippen LogP contribution >= 0.6 is 0 Å². The number of ether oxygens (including phenoxy) is 2. The van der Waals surface area contributed by atoms with Crippen LogP contribution in [0.15, 0.2) is 54.6 Å². The van der Waals surface area contributed by atoms with E-state index in [-0.39, 0.29) is 5.91 Å². The van der Waals surface area contributed by atoms with Crippen molar-refractivity contribution in [3.05, 3.63) is 65.7 Å². The third-order valence-electron chi connectivity index (χ3n) is 3.54. The summed E-state index contributed by atoms with van der Waals surface area (Å²) >= 11 is 0. The zero-order chi connectivity index (χ0) is 17.2. The van der Waals surface area contributed by atoms with Crippen molar-refractivity contribution in [2.75, 3.05) is 20.3 Å². The number of aryl methyl sites for hydroxylation is 1. The van der Waals surface area contributed by atoms with Crippen molar-refractivity contribution in [1.29, 1.82) is 0 Å². The number of rotatable bonds is 8. The van der Waals surface area contributed by atoms with E-state index in [1.54, 1.807) is 13.2 Å². The lowest BCUT2D eigenvalue weighted by Crippen LogP contribution is -2.26. The van der Waals surface area contributed by atoms with Gasteiger partial charge in [-0.15, -0.1) is 0 Å². The van der Waals surface area contributed by atoms with Crippen molar-refractivity contribution >= 4 is 12.0 Å². The highest BCUT2D eigenvalue weighted by molar-refractivity contribution is 5.91. The Morgan fingerprint density at radius 3 is 2.33 bits per heavy atom. The van der Waals surface area contributed by atoms with Gasteiger partial charge in [-0.3, -0.25) is 4.79 Å². The minimum atomic E-state index is -0.132. The van der Waals surface area contributed by atoms with Gasteiger partial charge in [0, 0.05) is 6.08 Å². The monoisotopic (exact) mass is 325 g/mol. The number of carbonyl (C=O) groups excluding carboxylic acids is 1. The summed E-state index contributed by atoms with van der Waals surface area (Å²) < 4.78 is 10.6. The van der Waals surface area contributed by atoms with Crippen LogP contribution < -0.4 is 14.8 Å². The third kappa shape index (κ3) is 5.80. The first kappa shape index (κ1) is 17.6. The molecule has 0 fully saturated rings. The summed E-state index contributed by atoms with van der Waals surface area (Å²) in [6.07, 6.45) is 4.35. The van der Waals surface area contributed by atoms with Crippen molar-refractivity contribution in [2.45, 2.75) is 13.3 Å². The highest BCUT2D eigenvalue weighted by Gasteiger charge is 1.98. The fourth-order valence-electron chi connectivity index (χ4n) is 2.11. The maximum Gasteiger partial charge on any atom is 0.244 e. The zero-order valence-electron chi connectivity index (χ0n) is 14.1. The fraction of sp³-hybridized carbons (Fsp3) is 0.250. The van der Waals surface area contributed by atoms with Crippen molar-refractivity contribution in [1.82, 2.24) is 5.32 Å². The molecule has 0 aliphatic rings. The van der Waals surface area contributed by atoms with Crippen LogP contribution in [0.25, 0.3) is 6.08 Å². The Morgan fingerprint density at radius 2 is 1.71 bits per heavy atom. The second kappa shape index (κ2) is 9.40. The van der Waals surface area contributed by atoms with E-state index in [4.69, 9.17) is 9.47 Å². The molecule has 0 aliphatic carbocycles. The van der Waals surface area contributed by atoms with Gasteiger partial charge >= 0.3 is 0 Å². The van der Waals surface area contributed by atoms with E-state index in [2.05, 4.69) is 24.4 Å². The summed E-state index contributed by atoms with van der Waals surface area (Å²) in [6.45, 7) is 2.98. The Bertz CT molecular complexity index is 660. The average Bonchev–Trinajstić information content (AvgIpc) is 2.64. The molecule has 0 aliphatic heterocycles. The van der Waals surface area contributed by atoms with Gasteiger partial charge in [0.1, 0.15) is 18.1 Å². The molecule has 2 rings (SSSR count). The molecule has 0 atom stereocenters. The summed E-state index contributed by atoms with van der Waals surface area (Å²) in [5, 5.41) is 2.79. The highest BCUT2D eigenvalue weighted by atomic mass is 16.5. The van der Waals surface area contributed by atoms with E-state index < -0.39 is 0 Å². The number of hydrogen-bond donors (Lipinski definition) is 1. The highest BCUT2D eigenvalue weighted by Crippen LogP contribution is 2.16. The first-order valence-electron chi connectivity index (χ1n) is 8.03. The quantitative estimate of drug-likeness (QED) is 0.597. The molecular weight excluding hydrogens is 302 g/mol. The smallest absolute Gasteiger partial charge is 0.244 e. The Morgan fingerprint density at radius 1 is 1.04 bits per heavy atom. The Kier molecular flexibility index (Phi) is 6.90. The summed E-state index contributed by atoms with van der Waals surface area (Å²) in [5.41, 5.74) is 2.30. The lowest BCUT2D eigenvalue weighted by atomic mass is 10.1. The summed E-state index contributed by atoms with van der Waals surface area (Å²) in [5.74, 6) is 1.40. The molecule has 0 bridgehead atoms. The second-order valence-electron chi connectivity index (χ2n) is 5.24. The largest absolute Gasteiger partial charge is 0.497 e. The van der Waals surface area contributed by atoms with Crippen LogP contribution in [0.3, 0.4) is 0 Å². The Labute approximate surface area is 143 Å². The van der Waals surface area contributed by atoms with Crippen LogP contribution in [0.2, 0.25) is 0 Å². The number of carbonyl (C=O) groups is 1. The van der Waals surface area contributed by atoms with Gasteiger partial charge in [0.25, 0.3) is 0 Å². The predicted molar refractivity (Wildman–Crippen MR) is 96.4 cm³/mol. The van der Waals surface area contributed by atoms with E-state index >= 15 is 0 Å². The third-order valence-corrected chi connectivity index (χ3v) is 3.54. The van der Waals surface area contributed by atoms with Gasteiger partial charge in [-0.1, -0.05) is 31.2 Å². The first-order chi connectivity index (χ1) is 11.7. The molecule has 0 aromatic heterocycles. The van der Waals surface area contributed by atoms with Gasteiger partial charge in [-0.05, 0) is 47.9 Å². The molecule has 0 saturated heterocycles. The van der Waals surface area contributed by atoms with Gasteiger partial charge in [-0.2, -0.15) is 0 Å². The molecule has 126 valence electrons. The van der Waals surface area contributed by atoms with Gasteiger partial charge in [0.05, 0.1) is 13.7 Å². The number of methoxy groups -OCH3 is 1. The normalized spacial score (nSPS) is 10.6. The molecule has 0 saturated carbocycles. The summed E-state index contributed by atoms with van der Waals surface area (Å²) in [4.78, 5) is 11.8. The topological polar surface area (TPSA) is 47.6 Å². The van der Waals surface area contributed by atoms with Gasteiger partial charge in [0.15, 0.2) is 0 Å². The van der Waals surface area contributed by atoms with Gasteiger partial charge in [-0.25, -0.2) is 0 Å². The minimum absolute atomic E-state index is 0.132. The molecule has 4 nitrogen and oxygen atoms in total. The molecule has 4 heteroatoms. The van der Waals surface area contributed by atoms with Crippen LogP contribution in [0, 0.1) is 0 Å². The SMILES string of the molecule is CCc1ccc(/C=C/C(=O)NCCOc2ccc(OC)cc2)cc1. The fourth-order valence-corrected chi connectivity index (χ4v) is 2.11.